The molecule has 4 aliphatic heterocycles. The molecule has 0 saturated carbocycles. The van der Waals surface area contributed by atoms with Gasteiger partial charge in [-0.1, -0.05) is 151 Å². The van der Waals surface area contributed by atoms with E-state index in [0.717, 1.165) is 16.6 Å². The van der Waals surface area contributed by atoms with Crippen molar-refractivity contribution in [1.29, 1.82) is 0 Å². The Bertz CT molecular complexity index is 3600. The van der Waals surface area contributed by atoms with Crippen molar-refractivity contribution in [3.63, 3.8) is 0 Å². The van der Waals surface area contributed by atoms with E-state index in [-0.39, 0.29) is 17.7 Å². The molecule has 0 bridgehead atoms. The van der Waals surface area contributed by atoms with Gasteiger partial charge in [-0.3, -0.25) is 0 Å². The highest BCUT2D eigenvalue weighted by Crippen LogP contribution is 2.51. The van der Waals surface area contributed by atoms with Gasteiger partial charge < -0.3 is 13.8 Å². The van der Waals surface area contributed by atoms with Crippen LogP contribution < -0.4 is 36.6 Å². The van der Waals surface area contributed by atoms with E-state index in [2.05, 4.69) is 203 Å². The number of rotatable bonds is 0. The number of hydrogen-bond donors (Lipinski definition) is 0. The molecular formula is C56H43BN2OSi. The normalized spacial score (nSPS) is 15.1. The molecular weight excluding hydrogens is 756 g/mol. The second-order valence-corrected chi connectivity index (χ2v) is 23.7. The van der Waals surface area contributed by atoms with Gasteiger partial charge in [0.2, 0.25) is 0 Å². The van der Waals surface area contributed by atoms with Crippen molar-refractivity contribution < 1.29 is 4.42 Å². The summed E-state index contributed by atoms with van der Waals surface area (Å²) in [5.74, 6) is 0. The molecule has 0 unspecified atom stereocenters. The fraction of sp³-hybridized carbons (Fsp3) is 0.143. The summed E-state index contributed by atoms with van der Waals surface area (Å²) in [4.78, 5) is 2.68. The predicted octanol–water partition coefficient (Wildman–Crippen LogP) is 10.4. The molecule has 0 aliphatic carbocycles. The van der Waals surface area contributed by atoms with Crippen LogP contribution in [-0.2, 0) is 10.8 Å². The van der Waals surface area contributed by atoms with Gasteiger partial charge in [0.05, 0.1) is 0 Å². The van der Waals surface area contributed by atoms with E-state index in [1.165, 1.54) is 109 Å². The molecule has 0 saturated heterocycles. The average molecular weight is 799 g/mol. The van der Waals surface area contributed by atoms with Crippen LogP contribution in [0.5, 0.6) is 0 Å². The SMILES string of the molecule is CC(C)(C)c1ccc2c(c1)c1cc(C(C)(C)C)cc3c1n2B1c2cccc4c2N(c2ccccc2[Si]42c4ccccc4-c4ccccc42)c2cc4c(oc5ccccc54)c-3c21. The van der Waals surface area contributed by atoms with E-state index >= 15 is 0 Å². The zero-order valence-electron chi connectivity index (χ0n) is 35.3. The van der Waals surface area contributed by atoms with E-state index in [9.17, 15) is 0 Å². The Labute approximate surface area is 357 Å². The molecule has 6 heterocycles. The lowest BCUT2D eigenvalue weighted by atomic mass is 9.45. The Morgan fingerprint density at radius 3 is 1.92 bits per heavy atom. The van der Waals surface area contributed by atoms with E-state index in [1.807, 2.05) is 0 Å². The molecule has 0 radical (unpaired) electrons. The maximum Gasteiger partial charge on any atom is 0.333 e. The van der Waals surface area contributed by atoms with Crippen LogP contribution in [0.3, 0.4) is 0 Å². The highest BCUT2D eigenvalue weighted by Gasteiger charge is 2.57. The zero-order valence-corrected chi connectivity index (χ0v) is 36.3. The minimum atomic E-state index is -2.80. The molecule has 0 N–H and O–H groups in total. The van der Waals surface area contributed by atoms with Gasteiger partial charge in [0.25, 0.3) is 0 Å². The first-order valence-electron chi connectivity index (χ1n) is 21.9. The summed E-state index contributed by atoms with van der Waals surface area (Å²) in [6.45, 7) is 14.0. The minimum absolute atomic E-state index is 0.00782. The fourth-order valence-corrected chi connectivity index (χ4v) is 17.8. The first kappa shape index (κ1) is 34.2. The average Bonchev–Trinajstić information content (AvgIpc) is 3.90. The van der Waals surface area contributed by atoms with E-state index in [0.29, 0.717) is 0 Å². The highest BCUT2D eigenvalue weighted by molar-refractivity contribution is 7.24. The van der Waals surface area contributed by atoms with Crippen LogP contribution in [0.25, 0.3) is 66.0 Å². The molecule has 0 fully saturated rings. The van der Waals surface area contributed by atoms with Crippen molar-refractivity contribution in [3.05, 3.63) is 163 Å². The third-order valence-electron chi connectivity index (χ3n) is 14.8. The predicted molar refractivity (Wildman–Crippen MR) is 261 cm³/mol. The second-order valence-electron chi connectivity index (χ2n) is 20.0. The first-order valence-corrected chi connectivity index (χ1v) is 23.9. The van der Waals surface area contributed by atoms with Crippen molar-refractivity contribution >= 4 is 107 Å². The van der Waals surface area contributed by atoms with Crippen molar-refractivity contribution in [3.8, 4) is 22.3 Å². The summed E-state index contributed by atoms with van der Waals surface area (Å²) in [7, 11) is -2.80. The van der Waals surface area contributed by atoms with Crippen LogP contribution in [0.2, 0.25) is 0 Å². The Hall–Kier alpha value is -6.56. The van der Waals surface area contributed by atoms with Crippen molar-refractivity contribution in [2.24, 2.45) is 0 Å². The van der Waals surface area contributed by atoms with Crippen LogP contribution in [0.1, 0.15) is 52.7 Å². The lowest BCUT2D eigenvalue weighted by Gasteiger charge is -2.49. The molecule has 0 amide bonds. The molecule has 10 aromatic rings. The number of nitrogens with zero attached hydrogens (tertiary/aromatic N) is 2. The van der Waals surface area contributed by atoms with Crippen LogP contribution >= 0.6 is 0 Å². The van der Waals surface area contributed by atoms with E-state index in [1.54, 1.807) is 0 Å². The molecule has 5 heteroatoms. The Kier molecular flexibility index (Phi) is 6.18. The highest BCUT2D eigenvalue weighted by atomic mass is 28.3. The van der Waals surface area contributed by atoms with Gasteiger partial charge in [-0.15, -0.1) is 0 Å². The van der Waals surface area contributed by atoms with Gasteiger partial charge in [-0.05, 0) is 107 Å². The third-order valence-corrected chi connectivity index (χ3v) is 19.8. The number of hydrogen-bond acceptors (Lipinski definition) is 2. The van der Waals surface area contributed by atoms with Gasteiger partial charge in [-0.2, -0.15) is 0 Å². The van der Waals surface area contributed by atoms with Crippen LogP contribution in [0, 0.1) is 0 Å². The Morgan fingerprint density at radius 2 is 1.16 bits per heavy atom. The van der Waals surface area contributed by atoms with Crippen molar-refractivity contribution in [2.75, 3.05) is 4.90 Å². The summed E-state index contributed by atoms with van der Waals surface area (Å²) in [5, 5.41) is 10.9. The lowest BCUT2D eigenvalue weighted by Crippen LogP contribution is -2.77. The summed E-state index contributed by atoms with van der Waals surface area (Å²) in [5.41, 5.74) is 19.0. The smallest absolute Gasteiger partial charge is 0.333 e. The number of furan rings is 1. The summed E-state index contributed by atoms with van der Waals surface area (Å²) in [6.07, 6.45) is 0. The molecule has 290 valence electrons. The quantitative estimate of drug-likeness (QED) is 0.143. The summed E-state index contributed by atoms with van der Waals surface area (Å²) >= 11 is 0. The van der Waals surface area contributed by atoms with Gasteiger partial charge in [-0.25, -0.2) is 0 Å². The molecule has 14 rings (SSSR count). The maximum absolute atomic E-state index is 7.13. The van der Waals surface area contributed by atoms with Crippen molar-refractivity contribution in [2.45, 2.75) is 52.4 Å². The van der Waals surface area contributed by atoms with Crippen LogP contribution in [0.15, 0.2) is 156 Å². The Balaban J connectivity index is 1.22. The monoisotopic (exact) mass is 798 g/mol. The van der Waals surface area contributed by atoms with Crippen LogP contribution in [-0.4, -0.2) is 19.4 Å². The summed E-state index contributed by atoms with van der Waals surface area (Å²) in [6, 6.07) is 58.8. The molecule has 2 aromatic heterocycles. The third kappa shape index (κ3) is 3.98. The number of anilines is 3. The standard InChI is InChI=1S/C56H43BN2OSi/c1-55(2,3)32-26-27-42-37(28-32)38-29-33(56(4,5)6)30-40-50-51-44(31-39-34-16-7-11-21-45(34)60-54(39)50)58-43-20-10-14-24-48(43)61(46-22-12-8-17-35(46)36-18-9-13-23-47(36)61)49-25-15-19-41(53(49)58)57(51)59(42)52(38)40/h7-31H,1-6H3. The van der Waals surface area contributed by atoms with Gasteiger partial charge in [0, 0.05) is 60.8 Å². The van der Waals surface area contributed by atoms with Crippen LogP contribution in [0.4, 0.5) is 17.1 Å². The maximum atomic E-state index is 7.13. The molecule has 3 nitrogen and oxygen atoms in total. The number of fused-ring (bicyclic) bond motifs is 20. The van der Waals surface area contributed by atoms with E-state index < -0.39 is 8.07 Å². The lowest BCUT2D eigenvalue weighted by molar-refractivity contribution is 0.590. The number of para-hydroxylation sites is 3. The second kappa shape index (κ2) is 11.0. The first-order chi connectivity index (χ1) is 29.5. The molecule has 0 atom stereocenters. The van der Waals surface area contributed by atoms with Gasteiger partial charge in [0.1, 0.15) is 11.2 Å². The molecule has 8 aromatic carbocycles. The largest absolute Gasteiger partial charge is 0.455 e. The van der Waals surface area contributed by atoms with Gasteiger partial charge in [0.15, 0.2) is 8.07 Å². The molecule has 4 aliphatic rings. The fourth-order valence-electron chi connectivity index (χ4n) is 12.2. The topological polar surface area (TPSA) is 21.3 Å². The molecule has 61 heavy (non-hydrogen) atoms. The number of aromatic nitrogens is 1. The van der Waals surface area contributed by atoms with E-state index in [4.69, 9.17) is 4.42 Å². The Morgan fingerprint density at radius 1 is 0.508 bits per heavy atom. The molecule has 1 spiro atoms. The number of benzene rings is 8. The zero-order chi connectivity index (χ0) is 40.9. The summed E-state index contributed by atoms with van der Waals surface area (Å²) < 4.78 is 9.86. The van der Waals surface area contributed by atoms with Gasteiger partial charge >= 0.3 is 6.85 Å². The van der Waals surface area contributed by atoms with Crippen molar-refractivity contribution in [1.82, 2.24) is 4.48 Å². The minimum Gasteiger partial charge on any atom is -0.455 e.